The number of carbonyl (C=O) groups excluding carboxylic acids is 1. The Morgan fingerprint density at radius 2 is 1.57 bits per heavy atom. The zero-order valence-corrected chi connectivity index (χ0v) is 15.5. The molecular formula is C21H23F3N2O2. The van der Waals surface area contributed by atoms with Crippen molar-refractivity contribution in [2.45, 2.75) is 12.6 Å². The summed E-state index contributed by atoms with van der Waals surface area (Å²) in [6, 6.07) is 14.9. The van der Waals surface area contributed by atoms with E-state index < -0.39 is 11.7 Å². The number of amides is 1. The van der Waals surface area contributed by atoms with E-state index in [1.54, 1.807) is 23.1 Å². The lowest BCUT2D eigenvalue weighted by molar-refractivity contribution is -0.138. The lowest BCUT2D eigenvalue weighted by Gasteiger charge is -2.34. The van der Waals surface area contributed by atoms with E-state index in [9.17, 15) is 18.0 Å². The molecule has 28 heavy (non-hydrogen) atoms. The van der Waals surface area contributed by atoms with Crippen molar-refractivity contribution in [3.63, 3.8) is 0 Å². The number of hydrogen-bond donors (Lipinski definition) is 0. The SMILES string of the molecule is O=C(COc1ccccc1)N1CCN(CCc2ccccc2C(F)(F)F)CC1. The summed E-state index contributed by atoms with van der Waals surface area (Å²) in [7, 11) is 0. The third kappa shape index (κ3) is 5.48. The topological polar surface area (TPSA) is 32.8 Å². The molecule has 0 unspecified atom stereocenters. The summed E-state index contributed by atoms with van der Waals surface area (Å²) in [5.74, 6) is 0.573. The van der Waals surface area contributed by atoms with Crippen molar-refractivity contribution in [1.82, 2.24) is 9.80 Å². The van der Waals surface area contributed by atoms with Gasteiger partial charge in [0, 0.05) is 32.7 Å². The monoisotopic (exact) mass is 392 g/mol. The molecular weight excluding hydrogens is 369 g/mol. The number of alkyl halides is 3. The van der Waals surface area contributed by atoms with Crippen LogP contribution in [-0.2, 0) is 17.4 Å². The second-order valence-corrected chi connectivity index (χ2v) is 6.73. The van der Waals surface area contributed by atoms with Crippen LogP contribution < -0.4 is 4.74 Å². The molecule has 2 aromatic rings. The van der Waals surface area contributed by atoms with Gasteiger partial charge in [0.15, 0.2) is 6.61 Å². The van der Waals surface area contributed by atoms with Crippen LogP contribution in [0.2, 0.25) is 0 Å². The molecule has 1 amide bonds. The van der Waals surface area contributed by atoms with E-state index in [1.165, 1.54) is 12.1 Å². The molecule has 1 aliphatic rings. The van der Waals surface area contributed by atoms with E-state index in [0.29, 0.717) is 50.5 Å². The zero-order chi connectivity index (χ0) is 20.0. The summed E-state index contributed by atoms with van der Waals surface area (Å²) < 4.78 is 44.7. The molecule has 3 rings (SSSR count). The Morgan fingerprint density at radius 1 is 0.929 bits per heavy atom. The molecule has 1 aliphatic heterocycles. The first-order valence-corrected chi connectivity index (χ1v) is 9.26. The zero-order valence-electron chi connectivity index (χ0n) is 15.5. The minimum atomic E-state index is -4.33. The molecule has 1 fully saturated rings. The molecule has 0 saturated carbocycles. The number of piperazine rings is 1. The van der Waals surface area contributed by atoms with Crippen molar-refractivity contribution < 1.29 is 22.7 Å². The predicted molar refractivity (Wildman–Crippen MR) is 100 cm³/mol. The average Bonchev–Trinajstić information content (AvgIpc) is 2.71. The summed E-state index contributed by atoms with van der Waals surface area (Å²) in [6.07, 6.45) is -4.00. The van der Waals surface area contributed by atoms with Gasteiger partial charge < -0.3 is 9.64 Å². The minimum Gasteiger partial charge on any atom is -0.484 e. The Kier molecular flexibility index (Phi) is 6.57. The highest BCUT2D eigenvalue weighted by molar-refractivity contribution is 5.77. The van der Waals surface area contributed by atoms with Crippen molar-refractivity contribution >= 4 is 5.91 Å². The van der Waals surface area contributed by atoms with E-state index >= 15 is 0 Å². The van der Waals surface area contributed by atoms with Crippen LogP contribution in [0.1, 0.15) is 11.1 Å². The van der Waals surface area contributed by atoms with Crippen LogP contribution in [0.25, 0.3) is 0 Å². The van der Waals surface area contributed by atoms with Crippen LogP contribution >= 0.6 is 0 Å². The maximum atomic E-state index is 13.1. The Hall–Kier alpha value is -2.54. The van der Waals surface area contributed by atoms with Crippen molar-refractivity contribution in [3.05, 3.63) is 65.7 Å². The number of hydrogen-bond acceptors (Lipinski definition) is 3. The van der Waals surface area contributed by atoms with Crippen LogP contribution in [0.15, 0.2) is 54.6 Å². The number of rotatable bonds is 6. The average molecular weight is 392 g/mol. The quantitative estimate of drug-likeness (QED) is 0.755. The smallest absolute Gasteiger partial charge is 0.416 e. The van der Waals surface area contributed by atoms with E-state index in [2.05, 4.69) is 4.90 Å². The molecule has 0 aromatic heterocycles. The Morgan fingerprint density at radius 3 is 2.25 bits per heavy atom. The molecule has 4 nitrogen and oxygen atoms in total. The van der Waals surface area contributed by atoms with Gasteiger partial charge in [0.2, 0.25) is 0 Å². The third-order valence-corrected chi connectivity index (χ3v) is 4.85. The summed E-state index contributed by atoms with van der Waals surface area (Å²) in [4.78, 5) is 16.1. The lowest BCUT2D eigenvalue weighted by Crippen LogP contribution is -2.50. The number of para-hydroxylation sites is 1. The van der Waals surface area contributed by atoms with Crippen molar-refractivity contribution in [3.8, 4) is 5.75 Å². The molecule has 2 aromatic carbocycles. The molecule has 0 aliphatic carbocycles. The minimum absolute atomic E-state index is 0.0109. The van der Waals surface area contributed by atoms with Crippen LogP contribution in [0.5, 0.6) is 5.75 Å². The Balaban J connectivity index is 1.44. The van der Waals surface area contributed by atoms with Gasteiger partial charge in [-0.25, -0.2) is 0 Å². The molecule has 1 heterocycles. The first-order valence-electron chi connectivity index (χ1n) is 9.26. The maximum Gasteiger partial charge on any atom is 0.416 e. The molecule has 0 radical (unpaired) electrons. The van der Waals surface area contributed by atoms with Gasteiger partial charge in [0.05, 0.1) is 5.56 Å². The largest absolute Gasteiger partial charge is 0.484 e. The highest BCUT2D eigenvalue weighted by Crippen LogP contribution is 2.32. The van der Waals surface area contributed by atoms with Gasteiger partial charge in [-0.05, 0) is 30.2 Å². The lowest BCUT2D eigenvalue weighted by atomic mass is 10.0. The molecule has 150 valence electrons. The standard InChI is InChI=1S/C21H23F3N2O2/c22-21(23,24)19-9-5-4-6-17(19)10-11-25-12-14-26(15-13-25)20(27)16-28-18-7-2-1-3-8-18/h1-9H,10-16H2. The van der Waals surface area contributed by atoms with Crippen molar-refractivity contribution in [2.24, 2.45) is 0 Å². The first kappa shape index (κ1) is 20.2. The summed E-state index contributed by atoms with van der Waals surface area (Å²) >= 11 is 0. The van der Waals surface area contributed by atoms with Crippen LogP contribution in [0.4, 0.5) is 13.2 Å². The summed E-state index contributed by atoms with van der Waals surface area (Å²) in [6.45, 7) is 2.92. The number of benzene rings is 2. The normalized spacial score (nSPS) is 15.5. The van der Waals surface area contributed by atoms with E-state index in [-0.39, 0.29) is 12.5 Å². The first-order chi connectivity index (χ1) is 13.4. The maximum absolute atomic E-state index is 13.1. The molecule has 0 bridgehead atoms. The summed E-state index contributed by atoms with van der Waals surface area (Å²) in [5, 5.41) is 0. The fraction of sp³-hybridized carbons (Fsp3) is 0.381. The Labute approximate surface area is 162 Å². The van der Waals surface area contributed by atoms with Crippen LogP contribution in [-0.4, -0.2) is 55.0 Å². The highest BCUT2D eigenvalue weighted by atomic mass is 19.4. The Bertz CT molecular complexity index is 773. The van der Waals surface area contributed by atoms with Crippen molar-refractivity contribution in [1.29, 1.82) is 0 Å². The predicted octanol–water partition coefficient (Wildman–Crippen LogP) is 3.47. The molecule has 0 spiro atoms. The van der Waals surface area contributed by atoms with Crippen LogP contribution in [0.3, 0.4) is 0 Å². The van der Waals surface area contributed by atoms with E-state index in [0.717, 1.165) is 6.07 Å². The molecule has 7 heteroatoms. The number of halogens is 3. The van der Waals surface area contributed by atoms with Crippen molar-refractivity contribution in [2.75, 3.05) is 39.3 Å². The van der Waals surface area contributed by atoms with Gasteiger partial charge >= 0.3 is 6.18 Å². The van der Waals surface area contributed by atoms with Gasteiger partial charge in [-0.1, -0.05) is 36.4 Å². The fourth-order valence-electron chi connectivity index (χ4n) is 3.27. The third-order valence-electron chi connectivity index (χ3n) is 4.85. The molecule has 0 N–H and O–H groups in total. The van der Waals surface area contributed by atoms with Gasteiger partial charge in [-0.2, -0.15) is 13.2 Å². The van der Waals surface area contributed by atoms with Crippen LogP contribution in [0, 0.1) is 0 Å². The second-order valence-electron chi connectivity index (χ2n) is 6.73. The van der Waals surface area contributed by atoms with E-state index in [1.807, 2.05) is 18.2 Å². The fourth-order valence-corrected chi connectivity index (χ4v) is 3.27. The van der Waals surface area contributed by atoms with Gasteiger partial charge in [-0.3, -0.25) is 9.69 Å². The molecule has 1 saturated heterocycles. The van der Waals surface area contributed by atoms with Gasteiger partial charge in [-0.15, -0.1) is 0 Å². The van der Waals surface area contributed by atoms with Gasteiger partial charge in [0.25, 0.3) is 5.91 Å². The molecule has 0 atom stereocenters. The van der Waals surface area contributed by atoms with E-state index in [4.69, 9.17) is 4.74 Å². The number of nitrogens with zero attached hydrogens (tertiary/aromatic N) is 2. The summed E-state index contributed by atoms with van der Waals surface area (Å²) in [5.41, 5.74) is -0.258. The second kappa shape index (κ2) is 9.10. The highest BCUT2D eigenvalue weighted by Gasteiger charge is 2.32. The van der Waals surface area contributed by atoms with Gasteiger partial charge in [0.1, 0.15) is 5.75 Å². The number of ether oxygens (including phenoxy) is 1. The number of carbonyl (C=O) groups is 1.